The Balaban J connectivity index is 1.76. The molecule has 0 saturated heterocycles. The van der Waals surface area contributed by atoms with Crippen LogP contribution in [0.1, 0.15) is 57.1 Å². The van der Waals surface area contributed by atoms with Crippen LogP contribution in [0.2, 0.25) is 10.0 Å². The van der Waals surface area contributed by atoms with Crippen molar-refractivity contribution in [1.82, 2.24) is 10.2 Å². The highest BCUT2D eigenvalue weighted by Gasteiger charge is 2.31. The summed E-state index contributed by atoms with van der Waals surface area (Å²) in [6, 6.07) is 12.5. The molecule has 1 saturated carbocycles. The van der Waals surface area contributed by atoms with Gasteiger partial charge in [0.1, 0.15) is 11.8 Å². The van der Waals surface area contributed by atoms with E-state index in [4.69, 9.17) is 27.9 Å². The van der Waals surface area contributed by atoms with Gasteiger partial charge in [0.05, 0.1) is 10.0 Å². The lowest BCUT2D eigenvalue weighted by Crippen LogP contribution is -2.52. The van der Waals surface area contributed by atoms with Crippen LogP contribution in [0, 0.1) is 0 Å². The molecule has 2 aromatic carbocycles. The van der Waals surface area contributed by atoms with Gasteiger partial charge >= 0.3 is 0 Å². The Morgan fingerprint density at radius 2 is 1.70 bits per heavy atom. The second kappa shape index (κ2) is 12.3. The number of hydrogen-bond donors (Lipinski definition) is 1. The number of carbonyl (C=O) groups excluding carboxylic acids is 2. The van der Waals surface area contributed by atoms with Crippen LogP contribution in [0.4, 0.5) is 0 Å². The van der Waals surface area contributed by atoms with Crippen molar-refractivity contribution in [2.75, 3.05) is 6.61 Å². The zero-order chi connectivity index (χ0) is 23.8. The Morgan fingerprint density at radius 1 is 1.03 bits per heavy atom. The summed E-state index contributed by atoms with van der Waals surface area (Å²) >= 11 is 12.3. The van der Waals surface area contributed by atoms with Crippen LogP contribution in [0.3, 0.4) is 0 Å². The van der Waals surface area contributed by atoms with Crippen LogP contribution in [0.15, 0.2) is 42.5 Å². The van der Waals surface area contributed by atoms with E-state index in [0.717, 1.165) is 37.7 Å². The number of carbonyl (C=O) groups is 2. The van der Waals surface area contributed by atoms with Gasteiger partial charge < -0.3 is 15.0 Å². The standard InChI is InChI=1S/C26H32Cl2N2O3/c1-3-18-9-12-21(13-10-18)33-17-25(31)30(16-19-11-14-22(27)23(28)15-19)24(4-2)26(32)29-20-7-5-6-8-20/h9-15,20,24H,3-8,16-17H2,1-2H3,(H,29,32)/t24-/m0/s1. The zero-order valence-corrected chi connectivity index (χ0v) is 20.8. The normalized spacial score (nSPS) is 14.7. The summed E-state index contributed by atoms with van der Waals surface area (Å²) in [6.45, 7) is 4.09. The predicted octanol–water partition coefficient (Wildman–Crippen LogP) is 5.80. The summed E-state index contributed by atoms with van der Waals surface area (Å²) in [6.07, 6.45) is 5.65. The Hall–Kier alpha value is -2.24. The first-order valence-electron chi connectivity index (χ1n) is 11.7. The highest BCUT2D eigenvalue weighted by Crippen LogP contribution is 2.25. The fourth-order valence-corrected chi connectivity index (χ4v) is 4.49. The summed E-state index contributed by atoms with van der Waals surface area (Å²) in [5, 5.41) is 4.00. The number of ether oxygens (including phenoxy) is 1. The van der Waals surface area contributed by atoms with Crippen molar-refractivity contribution in [3.8, 4) is 5.75 Å². The number of aryl methyl sites for hydroxylation is 1. The van der Waals surface area contributed by atoms with Crippen LogP contribution >= 0.6 is 23.2 Å². The number of nitrogens with one attached hydrogen (secondary N) is 1. The lowest BCUT2D eigenvalue weighted by molar-refractivity contribution is -0.143. The van der Waals surface area contributed by atoms with Gasteiger partial charge in [0, 0.05) is 12.6 Å². The van der Waals surface area contributed by atoms with Gasteiger partial charge in [-0.2, -0.15) is 0 Å². The maximum absolute atomic E-state index is 13.3. The van der Waals surface area contributed by atoms with Crippen molar-refractivity contribution in [1.29, 1.82) is 0 Å². The van der Waals surface area contributed by atoms with Crippen LogP contribution < -0.4 is 10.1 Å². The van der Waals surface area contributed by atoms with Gasteiger partial charge in [-0.1, -0.05) is 68.1 Å². The fraction of sp³-hybridized carbons (Fsp3) is 0.462. The van der Waals surface area contributed by atoms with Crippen LogP contribution in [0.5, 0.6) is 5.75 Å². The number of hydrogen-bond acceptors (Lipinski definition) is 3. The molecule has 0 spiro atoms. The quantitative estimate of drug-likeness (QED) is 0.457. The third-order valence-electron chi connectivity index (χ3n) is 6.12. The van der Waals surface area contributed by atoms with E-state index < -0.39 is 6.04 Å². The minimum Gasteiger partial charge on any atom is -0.484 e. The zero-order valence-electron chi connectivity index (χ0n) is 19.3. The van der Waals surface area contributed by atoms with E-state index in [9.17, 15) is 9.59 Å². The van der Waals surface area contributed by atoms with Gasteiger partial charge in [-0.05, 0) is 61.1 Å². The molecular formula is C26H32Cl2N2O3. The van der Waals surface area contributed by atoms with E-state index in [1.54, 1.807) is 17.0 Å². The SMILES string of the molecule is CCc1ccc(OCC(=O)N(Cc2ccc(Cl)c(Cl)c2)[C@@H](CC)C(=O)NC2CCCC2)cc1. The van der Waals surface area contributed by atoms with Crippen LogP contribution in [-0.2, 0) is 22.6 Å². The van der Waals surface area contributed by atoms with Crippen molar-refractivity contribution in [2.24, 2.45) is 0 Å². The molecule has 0 aliphatic heterocycles. The van der Waals surface area contributed by atoms with Crippen LogP contribution in [-0.4, -0.2) is 35.4 Å². The molecular weight excluding hydrogens is 459 g/mol. The van der Waals surface area contributed by atoms with Crippen molar-refractivity contribution in [3.05, 3.63) is 63.6 Å². The molecule has 0 heterocycles. The molecule has 7 heteroatoms. The Bertz CT molecular complexity index is 943. The summed E-state index contributed by atoms with van der Waals surface area (Å²) < 4.78 is 5.77. The highest BCUT2D eigenvalue weighted by molar-refractivity contribution is 6.42. The maximum atomic E-state index is 13.3. The molecule has 5 nitrogen and oxygen atoms in total. The van der Waals surface area contributed by atoms with Gasteiger partial charge in [-0.15, -0.1) is 0 Å². The van der Waals surface area contributed by atoms with Gasteiger partial charge in [0.2, 0.25) is 5.91 Å². The first kappa shape index (κ1) is 25.4. The van der Waals surface area contributed by atoms with Gasteiger partial charge in [-0.25, -0.2) is 0 Å². The first-order valence-corrected chi connectivity index (χ1v) is 12.4. The summed E-state index contributed by atoms with van der Waals surface area (Å²) in [4.78, 5) is 28.0. The van der Waals surface area contributed by atoms with Gasteiger partial charge in [0.25, 0.3) is 5.91 Å². The summed E-state index contributed by atoms with van der Waals surface area (Å²) in [5.74, 6) is 0.248. The monoisotopic (exact) mass is 490 g/mol. The van der Waals surface area contributed by atoms with E-state index in [-0.39, 0.29) is 31.0 Å². The number of nitrogens with zero attached hydrogens (tertiary/aromatic N) is 1. The third-order valence-corrected chi connectivity index (χ3v) is 6.86. The van der Waals surface area contributed by atoms with E-state index in [1.165, 1.54) is 5.56 Å². The number of halogens is 2. The molecule has 0 aromatic heterocycles. The molecule has 1 fully saturated rings. The minimum atomic E-state index is -0.598. The van der Waals surface area contributed by atoms with Crippen molar-refractivity contribution in [3.63, 3.8) is 0 Å². The highest BCUT2D eigenvalue weighted by atomic mass is 35.5. The van der Waals surface area contributed by atoms with Crippen molar-refractivity contribution in [2.45, 2.75) is 71.0 Å². The predicted molar refractivity (Wildman–Crippen MR) is 133 cm³/mol. The van der Waals surface area contributed by atoms with E-state index in [1.807, 2.05) is 37.3 Å². The minimum absolute atomic E-state index is 0.120. The summed E-state index contributed by atoms with van der Waals surface area (Å²) in [5.41, 5.74) is 2.00. The molecule has 2 aromatic rings. The van der Waals surface area contributed by atoms with Gasteiger partial charge in [-0.3, -0.25) is 9.59 Å². The van der Waals surface area contributed by atoms with E-state index in [0.29, 0.717) is 22.2 Å². The smallest absolute Gasteiger partial charge is 0.261 e. The van der Waals surface area contributed by atoms with Gasteiger partial charge in [0.15, 0.2) is 6.61 Å². The Kier molecular flexibility index (Phi) is 9.45. The topological polar surface area (TPSA) is 58.6 Å². The lowest BCUT2D eigenvalue weighted by Gasteiger charge is -2.31. The second-order valence-electron chi connectivity index (χ2n) is 8.47. The maximum Gasteiger partial charge on any atom is 0.261 e. The molecule has 0 radical (unpaired) electrons. The lowest BCUT2D eigenvalue weighted by atomic mass is 10.1. The van der Waals surface area contributed by atoms with E-state index >= 15 is 0 Å². The molecule has 3 rings (SSSR count). The molecule has 1 N–H and O–H groups in total. The molecule has 2 amide bonds. The van der Waals surface area contributed by atoms with Crippen LogP contribution in [0.25, 0.3) is 0 Å². The van der Waals surface area contributed by atoms with E-state index in [2.05, 4.69) is 12.2 Å². The second-order valence-corrected chi connectivity index (χ2v) is 9.28. The molecule has 0 bridgehead atoms. The molecule has 1 aliphatic carbocycles. The largest absolute Gasteiger partial charge is 0.484 e. The Morgan fingerprint density at radius 3 is 2.30 bits per heavy atom. The molecule has 0 unspecified atom stereocenters. The number of amides is 2. The fourth-order valence-electron chi connectivity index (χ4n) is 4.17. The number of benzene rings is 2. The first-order chi connectivity index (χ1) is 15.9. The van der Waals surface area contributed by atoms with Crippen molar-refractivity contribution >= 4 is 35.0 Å². The summed E-state index contributed by atoms with van der Waals surface area (Å²) in [7, 11) is 0. The molecule has 178 valence electrons. The average molecular weight is 491 g/mol. The Labute approximate surface area is 206 Å². The van der Waals surface area contributed by atoms with Crippen molar-refractivity contribution < 1.29 is 14.3 Å². The number of rotatable bonds is 10. The average Bonchev–Trinajstić information content (AvgIpc) is 3.33. The molecule has 1 aliphatic rings. The third kappa shape index (κ3) is 7.12. The molecule has 33 heavy (non-hydrogen) atoms. The molecule has 1 atom stereocenters.